The normalized spacial score (nSPS) is 19.3. The van der Waals surface area contributed by atoms with E-state index in [4.69, 9.17) is 16.4 Å². The van der Waals surface area contributed by atoms with Crippen molar-refractivity contribution in [2.45, 2.75) is 19.8 Å². The van der Waals surface area contributed by atoms with Gasteiger partial charge in [-0.3, -0.25) is 4.79 Å². The molecule has 0 aromatic heterocycles. The number of carboxylic acid groups (broad SMARTS) is 1. The Balaban J connectivity index is 0.00000300. The van der Waals surface area contributed by atoms with E-state index in [1.54, 1.807) is 0 Å². The lowest BCUT2D eigenvalue weighted by Gasteiger charge is -2.27. The summed E-state index contributed by atoms with van der Waals surface area (Å²) in [4.78, 5) is 18.1. The highest BCUT2D eigenvalue weighted by atomic mass is 35.5. The van der Waals surface area contributed by atoms with Crippen molar-refractivity contribution < 1.29 is 32.0 Å². The zero-order valence-corrected chi connectivity index (χ0v) is 17.9. The molecule has 29 heavy (non-hydrogen) atoms. The third-order valence-corrected chi connectivity index (χ3v) is 5.53. The molecule has 1 unspecified atom stereocenters. The molecule has 1 heterocycles. The Morgan fingerprint density at radius 1 is 1.21 bits per heavy atom. The predicted molar refractivity (Wildman–Crippen MR) is 110 cm³/mol. The molecular weight excluding hydrogens is 411 g/mol. The van der Waals surface area contributed by atoms with E-state index in [0.29, 0.717) is 23.9 Å². The molecule has 0 spiro atoms. The molecule has 1 fully saturated rings. The van der Waals surface area contributed by atoms with Crippen LogP contribution in [0.3, 0.4) is 0 Å². The maximum atomic E-state index is 11.2. The Morgan fingerprint density at radius 3 is 2.59 bits per heavy atom. The lowest BCUT2D eigenvalue weighted by molar-refractivity contribution is -0.907. The molecule has 0 radical (unpaired) electrons. The minimum absolute atomic E-state index is 0. The van der Waals surface area contributed by atoms with Gasteiger partial charge < -0.3 is 27.3 Å². The predicted octanol–water partition coefficient (Wildman–Crippen LogP) is -0.199. The Kier molecular flexibility index (Phi) is 8.96. The molecule has 5 nitrogen and oxygen atoms in total. The number of hydrogen-bond acceptors (Lipinski definition) is 3. The number of nitrogens with one attached hydrogen (secondary N) is 1. The quantitative estimate of drug-likeness (QED) is 0.359. The summed E-state index contributed by atoms with van der Waals surface area (Å²) >= 11 is 6.41. The van der Waals surface area contributed by atoms with Crippen molar-refractivity contribution in [1.82, 2.24) is 0 Å². The molecule has 1 aliphatic rings. The lowest BCUT2D eigenvalue weighted by Crippen LogP contribution is -3.14. The topological polar surface area (TPSA) is 63.3 Å². The van der Waals surface area contributed by atoms with Gasteiger partial charge in [0.1, 0.15) is 18.2 Å². The summed E-state index contributed by atoms with van der Waals surface area (Å²) in [6.45, 7) is 4.83. The highest BCUT2D eigenvalue weighted by molar-refractivity contribution is 6.35. The van der Waals surface area contributed by atoms with Crippen LogP contribution >= 0.6 is 11.6 Å². The number of aryl methyl sites for hydroxylation is 1. The Bertz CT molecular complexity index is 810. The van der Waals surface area contributed by atoms with E-state index in [-0.39, 0.29) is 18.3 Å². The largest absolute Gasteiger partial charge is 1.00 e. The zero-order chi connectivity index (χ0) is 19.9. The summed E-state index contributed by atoms with van der Waals surface area (Å²) in [6.07, 6.45) is 1.70. The third kappa shape index (κ3) is 6.20. The number of hydrogen-bond donors (Lipinski definition) is 2. The highest BCUT2D eigenvalue weighted by Gasteiger charge is 2.28. The molecule has 1 saturated heterocycles. The number of carbonyl (C=O) groups is 1. The summed E-state index contributed by atoms with van der Waals surface area (Å²) in [6, 6.07) is 15.6. The van der Waals surface area contributed by atoms with Crippen molar-refractivity contribution in [3.8, 4) is 0 Å². The maximum absolute atomic E-state index is 11.2. The monoisotopic (exact) mass is 436 g/mol. The molecule has 2 aromatic rings. The van der Waals surface area contributed by atoms with Crippen LogP contribution in [0.4, 0.5) is 0 Å². The van der Waals surface area contributed by atoms with Crippen LogP contribution in [0.15, 0.2) is 53.7 Å². The molecule has 2 N–H and O–H groups in total. The van der Waals surface area contributed by atoms with E-state index in [9.17, 15) is 9.90 Å². The number of aliphatic carboxylic acids is 1. The van der Waals surface area contributed by atoms with Gasteiger partial charge in [-0.05, 0) is 31.4 Å². The average Bonchev–Trinajstić information content (AvgIpc) is 2.70. The number of oxime groups is 1. The second-order valence-corrected chi connectivity index (χ2v) is 7.61. The first-order valence-electron chi connectivity index (χ1n) is 9.63. The van der Waals surface area contributed by atoms with Gasteiger partial charge in [0, 0.05) is 11.1 Å². The molecular formula is C22H26Cl2N2O3. The van der Waals surface area contributed by atoms with E-state index < -0.39 is 5.97 Å². The van der Waals surface area contributed by atoms with E-state index >= 15 is 0 Å². The number of carboxylic acids is 1. The van der Waals surface area contributed by atoms with Crippen molar-refractivity contribution in [2.75, 3.05) is 26.2 Å². The lowest BCUT2D eigenvalue weighted by atomic mass is 9.98. The molecule has 0 aliphatic carbocycles. The van der Waals surface area contributed by atoms with E-state index in [1.165, 1.54) is 4.90 Å². The first-order chi connectivity index (χ1) is 13.6. The van der Waals surface area contributed by atoms with Crippen LogP contribution in [0.25, 0.3) is 0 Å². The Hall–Kier alpha value is -2.08. The average molecular weight is 437 g/mol. The Labute approximate surface area is 182 Å². The summed E-state index contributed by atoms with van der Waals surface area (Å²) in [5, 5.41) is 14.3. The summed E-state index contributed by atoms with van der Waals surface area (Å²) in [5.41, 5.74) is 3.61. The van der Waals surface area contributed by atoms with Gasteiger partial charge in [-0.1, -0.05) is 59.2 Å². The SMILES string of the molecule is Cc1ccccc1/C(=N/OCC[NH+]1CCC[C@@H](C(=O)O)C1)c1ccccc1Cl.[Cl-]. The molecule has 2 atom stereocenters. The smallest absolute Gasteiger partial charge is 0.312 e. The van der Waals surface area contributed by atoms with Crippen LogP contribution in [-0.2, 0) is 9.63 Å². The molecule has 0 saturated carbocycles. The number of halogens is 2. The van der Waals surface area contributed by atoms with E-state index in [2.05, 4.69) is 5.16 Å². The number of rotatable bonds is 7. The van der Waals surface area contributed by atoms with Gasteiger partial charge in [0.15, 0.2) is 6.61 Å². The van der Waals surface area contributed by atoms with Crippen molar-refractivity contribution in [3.63, 3.8) is 0 Å². The standard InChI is InChI=1S/C22H25ClN2O3.ClH/c1-16-7-2-3-9-18(16)21(19-10-4-5-11-20(19)23)24-28-14-13-25-12-6-8-17(15-25)22(26)27;/h2-5,7,9-11,17H,6,8,12-15H2,1H3,(H,26,27);1H/b24-21-;/t17-;/m1./s1. The fourth-order valence-electron chi connectivity index (χ4n) is 3.62. The number of nitrogens with zero attached hydrogens (tertiary/aromatic N) is 1. The Morgan fingerprint density at radius 2 is 1.90 bits per heavy atom. The van der Waals surface area contributed by atoms with Gasteiger partial charge in [0.05, 0.1) is 18.1 Å². The zero-order valence-electron chi connectivity index (χ0n) is 16.4. The van der Waals surface area contributed by atoms with Crippen molar-refractivity contribution in [1.29, 1.82) is 0 Å². The number of piperidine rings is 1. The molecule has 0 amide bonds. The first-order valence-corrected chi connectivity index (χ1v) is 10.0. The molecule has 7 heteroatoms. The van der Waals surface area contributed by atoms with Crippen molar-refractivity contribution >= 4 is 23.3 Å². The molecule has 1 aliphatic heterocycles. The highest BCUT2D eigenvalue weighted by Crippen LogP contribution is 2.22. The van der Waals surface area contributed by atoms with Gasteiger partial charge in [-0.2, -0.15) is 0 Å². The molecule has 2 aromatic carbocycles. The van der Waals surface area contributed by atoms with Gasteiger partial charge in [0.2, 0.25) is 0 Å². The third-order valence-electron chi connectivity index (χ3n) is 5.20. The summed E-state index contributed by atoms with van der Waals surface area (Å²) < 4.78 is 0. The summed E-state index contributed by atoms with van der Waals surface area (Å²) in [5.74, 6) is -0.949. The maximum Gasteiger partial charge on any atom is 0.312 e. The van der Waals surface area contributed by atoms with Crippen LogP contribution < -0.4 is 17.3 Å². The second kappa shape index (κ2) is 11.2. The van der Waals surface area contributed by atoms with Gasteiger partial charge in [-0.25, -0.2) is 0 Å². The molecule has 156 valence electrons. The van der Waals surface area contributed by atoms with Crippen LogP contribution in [0.1, 0.15) is 29.5 Å². The van der Waals surface area contributed by atoms with Gasteiger partial charge >= 0.3 is 5.97 Å². The molecule has 0 bridgehead atoms. The van der Waals surface area contributed by atoms with Crippen molar-refractivity contribution in [3.05, 3.63) is 70.2 Å². The van der Waals surface area contributed by atoms with Crippen LogP contribution in [0.2, 0.25) is 5.02 Å². The van der Waals surface area contributed by atoms with Gasteiger partial charge in [0.25, 0.3) is 0 Å². The molecule has 3 rings (SSSR count). The van der Waals surface area contributed by atoms with Crippen LogP contribution in [-0.4, -0.2) is 43.0 Å². The number of quaternary nitrogens is 1. The minimum Gasteiger partial charge on any atom is -1.00 e. The van der Waals surface area contributed by atoms with Gasteiger partial charge in [-0.15, -0.1) is 0 Å². The fraction of sp³-hybridized carbons (Fsp3) is 0.364. The van der Waals surface area contributed by atoms with Crippen LogP contribution in [0, 0.1) is 12.8 Å². The van der Waals surface area contributed by atoms with Crippen LogP contribution in [0.5, 0.6) is 0 Å². The fourth-order valence-corrected chi connectivity index (χ4v) is 3.85. The van der Waals surface area contributed by atoms with E-state index in [1.807, 2.05) is 55.5 Å². The summed E-state index contributed by atoms with van der Waals surface area (Å²) in [7, 11) is 0. The minimum atomic E-state index is -0.698. The van der Waals surface area contributed by atoms with E-state index in [0.717, 1.165) is 42.6 Å². The van der Waals surface area contributed by atoms with Crippen molar-refractivity contribution in [2.24, 2.45) is 11.1 Å². The first kappa shape index (κ1) is 23.2. The number of benzene rings is 2. The number of likely N-dealkylation sites (tertiary alicyclic amines) is 1. The second-order valence-electron chi connectivity index (χ2n) is 7.20.